The Morgan fingerprint density at radius 3 is 2.47 bits per heavy atom. The minimum Gasteiger partial charge on any atom is -0.493 e. The SMILES string of the molecule is COc1cc(F)cnc1N1CCN(C(=O)c2cc3c(C4=CCN(C(C)=O)CC4)cc(C4=CCCN(C(=O)CCn5ccnn5)C4)c(F)c3[nH]2)CC1. The number of halogens is 2. The standard InChI is InChI=1S/C36H39F2N9O4/c1-23(48)43-10-5-24(6-11-43)27-19-28(25-4-3-9-46(22-25)32(49)7-12-47-13-8-40-42-47)33(38)34-29(27)20-30(41-34)36(50)45-16-14-44(15-17-45)35-31(51-2)18-26(37)21-39-35/h4-5,8,13,18-21,41H,3,6-7,9-12,14-17,22H2,1-2H3. The highest BCUT2D eigenvalue weighted by atomic mass is 19.1. The molecular formula is C36H39F2N9O4. The van der Waals surface area contributed by atoms with Crippen LogP contribution in [0.4, 0.5) is 14.6 Å². The minimum absolute atomic E-state index is 0.0144. The van der Waals surface area contributed by atoms with Crippen LogP contribution < -0.4 is 9.64 Å². The number of methoxy groups -OCH3 is 1. The van der Waals surface area contributed by atoms with Gasteiger partial charge in [-0.1, -0.05) is 17.4 Å². The van der Waals surface area contributed by atoms with Gasteiger partial charge >= 0.3 is 0 Å². The van der Waals surface area contributed by atoms with E-state index < -0.39 is 11.6 Å². The molecule has 0 radical (unpaired) electrons. The Balaban J connectivity index is 1.16. The molecule has 1 saturated heterocycles. The molecule has 266 valence electrons. The summed E-state index contributed by atoms with van der Waals surface area (Å²) < 4.78 is 37.3. The van der Waals surface area contributed by atoms with Crippen LogP contribution in [0, 0.1) is 11.6 Å². The van der Waals surface area contributed by atoms with Crippen molar-refractivity contribution in [3.8, 4) is 5.75 Å². The van der Waals surface area contributed by atoms with Crippen molar-refractivity contribution in [1.82, 2.24) is 39.7 Å². The number of nitrogens with zero attached hydrogens (tertiary/aromatic N) is 8. The number of aromatic nitrogens is 5. The van der Waals surface area contributed by atoms with Gasteiger partial charge in [0.05, 0.1) is 31.6 Å². The number of piperazine rings is 1. The molecule has 0 aliphatic carbocycles. The Morgan fingerprint density at radius 1 is 0.941 bits per heavy atom. The van der Waals surface area contributed by atoms with E-state index in [0.29, 0.717) is 93.3 Å². The summed E-state index contributed by atoms with van der Waals surface area (Å²) in [6, 6.07) is 4.82. The molecule has 1 aromatic carbocycles. The monoisotopic (exact) mass is 699 g/mol. The average Bonchev–Trinajstić information content (AvgIpc) is 3.85. The fourth-order valence-electron chi connectivity index (χ4n) is 7.04. The van der Waals surface area contributed by atoms with Crippen LogP contribution >= 0.6 is 0 Å². The number of carbonyl (C=O) groups excluding carboxylic acids is 3. The van der Waals surface area contributed by atoms with Crippen LogP contribution in [0.5, 0.6) is 5.75 Å². The van der Waals surface area contributed by atoms with E-state index in [1.807, 2.05) is 23.1 Å². The van der Waals surface area contributed by atoms with Gasteiger partial charge in [0.15, 0.2) is 17.4 Å². The van der Waals surface area contributed by atoms with E-state index in [2.05, 4.69) is 20.3 Å². The zero-order chi connectivity index (χ0) is 35.6. The largest absolute Gasteiger partial charge is 0.493 e. The highest BCUT2D eigenvalue weighted by Crippen LogP contribution is 2.37. The second kappa shape index (κ2) is 14.3. The molecule has 0 saturated carbocycles. The van der Waals surface area contributed by atoms with Gasteiger partial charge in [-0.15, -0.1) is 5.10 Å². The number of pyridine rings is 1. The number of aromatic amines is 1. The highest BCUT2D eigenvalue weighted by molar-refractivity contribution is 6.03. The van der Waals surface area contributed by atoms with E-state index in [1.165, 1.54) is 20.1 Å². The molecule has 6 heterocycles. The molecule has 13 nitrogen and oxygen atoms in total. The lowest BCUT2D eigenvalue weighted by Gasteiger charge is -2.35. The molecule has 15 heteroatoms. The van der Waals surface area contributed by atoms with Crippen molar-refractivity contribution in [1.29, 1.82) is 0 Å². The van der Waals surface area contributed by atoms with E-state index in [-0.39, 0.29) is 41.9 Å². The van der Waals surface area contributed by atoms with Crippen molar-refractivity contribution in [2.75, 3.05) is 64.4 Å². The second-order valence-corrected chi connectivity index (χ2v) is 12.9. The third kappa shape index (κ3) is 6.92. The Hall–Kier alpha value is -5.60. The molecule has 3 aliphatic rings. The zero-order valence-electron chi connectivity index (χ0n) is 28.6. The van der Waals surface area contributed by atoms with Gasteiger partial charge < -0.3 is 29.3 Å². The van der Waals surface area contributed by atoms with Crippen LogP contribution in [0.25, 0.3) is 22.0 Å². The molecule has 0 spiro atoms. The van der Waals surface area contributed by atoms with Gasteiger partial charge in [-0.2, -0.15) is 0 Å². The van der Waals surface area contributed by atoms with E-state index >= 15 is 4.39 Å². The lowest BCUT2D eigenvalue weighted by atomic mass is 9.91. The summed E-state index contributed by atoms with van der Waals surface area (Å²) >= 11 is 0. The predicted molar refractivity (Wildman–Crippen MR) is 186 cm³/mol. The highest BCUT2D eigenvalue weighted by Gasteiger charge is 2.29. The first-order valence-corrected chi connectivity index (χ1v) is 17.0. The number of carbonyl (C=O) groups is 3. The maximum Gasteiger partial charge on any atom is 0.270 e. The molecule has 3 aromatic heterocycles. The number of amides is 3. The molecule has 0 atom stereocenters. The molecule has 51 heavy (non-hydrogen) atoms. The Kier molecular flexibility index (Phi) is 9.52. The summed E-state index contributed by atoms with van der Waals surface area (Å²) in [6.45, 7) is 5.32. The predicted octanol–water partition coefficient (Wildman–Crippen LogP) is 3.75. The number of fused-ring (bicyclic) bond motifs is 1. The summed E-state index contributed by atoms with van der Waals surface area (Å²) in [7, 11) is 1.46. The number of aryl methyl sites for hydroxylation is 1. The molecule has 1 fully saturated rings. The third-order valence-electron chi connectivity index (χ3n) is 9.85. The van der Waals surface area contributed by atoms with Crippen LogP contribution in [0.15, 0.2) is 48.9 Å². The Morgan fingerprint density at radius 2 is 1.76 bits per heavy atom. The molecular weight excluding hydrogens is 660 g/mol. The van der Waals surface area contributed by atoms with Gasteiger partial charge in [-0.3, -0.25) is 19.1 Å². The molecule has 0 bridgehead atoms. The lowest BCUT2D eigenvalue weighted by Crippen LogP contribution is -2.49. The van der Waals surface area contributed by atoms with Crippen LogP contribution in [-0.4, -0.2) is 117 Å². The summed E-state index contributed by atoms with van der Waals surface area (Å²) in [6.07, 6.45) is 9.76. The van der Waals surface area contributed by atoms with Gasteiger partial charge in [-0.05, 0) is 41.7 Å². The maximum absolute atomic E-state index is 16.6. The lowest BCUT2D eigenvalue weighted by molar-refractivity contribution is -0.131. The van der Waals surface area contributed by atoms with Crippen molar-refractivity contribution in [3.63, 3.8) is 0 Å². The van der Waals surface area contributed by atoms with E-state index in [0.717, 1.165) is 17.3 Å². The topological polar surface area (TPSA) is 133 Å². The smallest absolute Gasteiger partial charge is 0.270 e. The molecule has 0 unspecified atom stereocenters. The number of hydrogen-bond donors (Lipinski definition) is 1. The molecule has 3 amide bonds. The minimum atomic E-state index is -0.497. The van der Waals surface area contributed by atoms with E-state index in [4.69, 9.17) is 4.74 Å². The van der Waals surface area contributed by atoms with Crippen molar-refractivity contribution < 1.29 is 27.9 Å². The van der Waals surface area contributed by atoms with Gasteiger partial charge in [0.25, 0.3) is 5.91 Å². The van der Waals surface area contributed by atoms with Gasteiger partial charge in [0.2, 0.25) is 11.8 Å². The Bertz CT molecular complexity index is 2030. The van der Waals surface area contributed by atoms with Crippen molar-refractivity contribution >= 4 is 45.6 Å². The molecule has 4 aromatic rings. The first-order chi connectivity index (χ1) is 24.7. The fraction of sp³-hybridized carbons (Fsp3) is 0.389. The molecule has 7 rings (SSSR count). The second-order valence-electron chi connectivity index (χ2n) is 12.9. The first-order valence-electron chi connectivity index (χ1n) is 17.0. The number of ether oxygens (including phenoxy) is 1. The zero-order valence-corrected chi connectivity index (χ0v) is 28.6. The van der Waals surface area contributed by atoms with E-state index in [9.17, 15) is 18.8 Å². The van der Waals surface area contributed by atoms with E-state index in [1.54, 1.807) is 37.8 Å². The van der Waals surface area contributed by atoms with Crippen LogP contribution in [-0.2, 0) is 16.1 Å². The normalized spacial score (nSPS) is 16.7. The van der Waals surface area contributed by atoms with Crippen LogP contribution in [0.2, 0.25) is 0 Å². The number of rotatable bonds is 8. The maximum atomic E-state index is 16.6. The van der Waals surface area contributed by atoms with Crippen molar-refractivity contribution in [2.45, 2.75) is 32.7 Å². The van der Waals surface area contributed by atoms with Crippen LogP contribution in [0.3, 0.4) is 0 Å². The molecule has 1 N–H and O–H groups in total. The first kappa shape index (κ1) is 33.9. The average molecular weight is 700 g/mol. The number of nitrogens with one attached hydrogen (secondary N) is 1. The fourth-order valence-corrected chi connectivity index (χ4v) is 7.04. The summed E-state index contributed by atoms with van der Waals surface area (Å²) in [5, 5.41) is 8.30. The van der Waals surface area contributed by atoms with Crippen molar-refractivity contribution in [3.05, 3.63) is 77.4 Å². The number of anilines is 1. The molecule has 3 aliphatic heterocycles. The van der Waals surface area contributed by atoms with Gasteiger partial charge in [0, 0.05) is 88.9 Å². The van der Waals surface area contributed by atoms with Crippen LogP contribution in [0.1, 0.15) is 47.8 Å². The summed E-state index contributed by atoms with van der Waals surface area (Å²) in [5.41, 5.74) is 3.29. The number of hydrogen-bond acceptors (Lipinski definition) is 8. The van der Waals surface area contributed by atoms with Gasteiger partial charge in [-0.25, -0.2) is 13.8 Å². The van der Waals surface area contributed by atoms with Gasteiger partial charge in [0.1, 0.15) is 11.5 Å². The summed E-state index contributed by atoms with van der Waals surface area (Å²) in [4.78, 5) is 53.6. The van der Waals surface area contributed by atoms with Crippen molar-refractivity contribution in [2.24, 2.45) is 0 Å². The quantitative estimate of drug-likeness (QED) is 0.294. The Labute approximate surface area is 293 Å². The number of H-pyrrole nitrogens is 1. The number of benzene rings is 1. The third-order valence-corrected chi connectivity index (χ3v) is 9.85. The summed E-state index contributed by atoms with van der Waals surface area (Å²) in [5.74, 6) is -0.496.